The van der Waals surface area contributed by atoms with Crippen molar-refractivity contribution in [3.63, 3.8) is 0 Å². The summed E-state index contributed by atoms with van der Waals surface area (Å²) >= 11 is 0. The number of aromatic amines is 1. The molecule has 0 aromatic carbocycles. The Hall–Kier alpha value is -2.38. The third-order valence-corrected chi connectivity index (χ3v) is 4.62. The van der Waals surface area contributed by atoms with Gasteiger partial charge in [-0.05, 0) is 40.0 Å². The third-order valence-electron chi connectivity index (χ3n) is 4.62. The molecule has 0 saturated carbocycles. The van der Waals surface area contributed by atoms with Crippen molar-refractivity contribution in [1.29, 1.82) is 0 Å². The van der Waals surface area contributed by atoms with Gasteiger partial charge in [0.1, 0.15) is 5.39 Å². The van der Waals surface area contributed by atoms with Gasteiger partial charge in [-0.25, -0.2) is 4.68 Å². The predicted molar refractivity (Wildman–Crippen MR) is 101 cm³/mol. The summed E-state index contributed by atoms with van der Waals surface area (Å²) in [4.78, 5) is 34.0. The predicted octanol–water partition coefficient (Wildman–Crippen LogP) is 1.76. The van der Waals surface area contributed by atoms with Gasteiger partial charge in [0.2, 0.25) is 11.9 Å². The number of rotatable bonds is 4. The van der Waals surface area contributed by atoms with E-state index in [1.54, 1.807) is 10.9 Å². The summed E-state index contributed by atoms with van der Waals surface area (Å²) < 4.78 is 1.78. The van der Waals surface area contributed by atoms with Crippen LogP contribution in [0.3, 0.4) is 0 Å². The summed E-state index contributed by atoms with van der Waals surface area (Å²) in [7, 11) is 0. The van der Waals surface area contributed by atoms with Gasteiger partial charge in [0.15, 0.2) is 5.65 Å². The number of carbonyl (C=O) groups is 1. The van der Waals surface area contributed by atoms with Crippen LogP contribution in [0.25, 0.3) is 11.0 Å². The van der Waals surface area contributed by atoms with Crippen LogP contribution in [0.4, 0.5) is 5.95 Å². The van der Waals surface area contributed by atoms with E-state index in [2.05, 4.69) is 15.4 Å². The van der Waals surface area contributed by atoms with Gasteiger partial charge in [0.05, 0.1) is 11.7 Å². The molecule has 2 aromatic rings. The number of nitrogens with one attached hydrogen (secondary N) is 2. The maximum atomic E-state index is 12.5. The highest BCUT2D eigenvalue weighted by molar-refractivity contribution is 5.76. The molecule has 26 heavy (non-hydrogen) atoms. The lowest BCUT2D eigenvalue weighted by Gasteiger charge is -2.33. The fraction of sp³-hybridized carbons (Fsp3) is 0.667. The van der Waals surface area contributed by atoms with Crippen molar-refractivity contribution < 1.29 is 4.79 Å². The molecular weight excluding hydrogens is 332 g/mol. The first kappa shape index (κ1) is 18.4. The molecule has 1 atom stereocenters. The van der Waals surface area contributed by atoms with E-state index in [9.17, 15) is 9.59 Å². The molecule has 1 saturated heterocycles. The molecule has 1 aliphatic rings. The zero-order valence-corrected chi connectivity index (χ0v) is 16.0. The molecular formula is C18H28N6O2. The highest BCUT2D eigenvalue weighted by Gasteiger charge is 2.25. The van der Waals surface area contributed by atoms with Crippen LogP contribution in [0.2, 0.25) is 0 Å². The minimum absolute atomic E-state index is 0.0799. The Labute approximate surface area is 153 Å². The van der Waals surface area contributed by atoms with Gasteiger partial charge < -0.3 is 10.2 Å². The Bertz CT molecular complexity index is 847. The van der Waals surface area contributed by atoms with Crippen molar-refractivity contribution in [3.8, 4) is 0 Å². The first-order valence-electron chi connectivity index (χ1n) is 9.32. The SMILES string of the molecule is CCCC(=O)NC1CCCN(c2nc3c(cnn3C(C)(C)C)c(=O)[nH]2)C1. The van der Waals surface area contributed by atoms with E-state index in [1.165, 1.54) is 0 Å². The Morgan fingerprint density at radius 2 is 2.19 bits per heavy atom. The number of amides is 1. The van der Waals surface area contributed by atoms with Gasteiger partial charge >= 0.3 is 0 Å². The number of piperidine rings is 1. The van der Waals surface area contributed by atoms with Crippen molar-refractivity contribution in [1.82, 2.24) is 25.1 Å². The lowest BCUT2D eigenvalue weighted by Crippen LogP contribution is -2.48. The zero-order valence-electron chi connectivity index (χ0n) is 16.0. The van der Waals surface area contributed by atoms with E-state index in [4.69, 9.17) is 4.98 Å². The molecule has 8 heteroatoms. The van der Waals surface area contributed by atoms with Crippen LogP contribution in [0.5, 0.6) is 0 Å². The average molecular weight is 360 g/mol. The smallest absolute Gasteiger partial charge is 0.263 e. The number of fused-ring (bicyclic) bond motifs is 1. The Morgan fingerprint density at radius 3 is 2.88 bits per heavy atom. The van der Waals surface area contributed by atoms with E-state index >= 15 is 0 Å². The molecule has 142 valence electrons. The lowest BCUT2D eigenvalue weighted by atomic mass is 10.1. The van der Waals surface area contributed by atoms with Gasteiger partial charge in [-0.3, -0.25) is 14.6 Å². The van der Waals surface area contributed by atoms with E-state index in [0.717, 1.165) is 25.8 Å². The number of hydrogen-bond donors (Lipinski definition) is 2. The minimum atomic E-state index is -0.266. The highest BCUT2D eigenvalue weighted by atomic mass is 16.1. The van der Waals surface area contributed by atoms with Crippen LogP contribution in [0.15, 0.2) is 11.0 Å². The van der Waals surface area contributed by atoms with Crippen LogP contribution in [0, 0.1) is 0 Å². The van der Waals surface area contributed by atoms with Crippen molar-refractivity contribution in [2.75, 3.05) is 18.0 Å². The standard InChI is InChI=1S/C18H28N6O2/c1-5-7-14(25)20-12-8-6-9-23(11-12)17-21-15-13(16(26)22-17)10-19-24(15)18(2,3)4/h10,12H,5-9,11H2,1-4H3,(H,20,25)(H,21,22,26). The lowest BCUT2D eigenvalue weighted by molar-refractivity contribution is -0.121. The van der Waals surface area contributed by atoms with Gasteiger partial charge in [-0.2, -0.15) is 10.1 Å². The molecule has 1 aliphatic heterocycles. The molecule has 1 unspecified atom stereocenters. The van der Waals surface area contributed by atoms with Crippen LogP contribution in [-0.4, -0.2) is 44.8 Å². The normalized spacial score (nSPS) is 18.3. The number of H-pyrrole nitrogens is 1. The second-order valence-electron chi connectivity index (χ2n) is 7.96. The summed E-state index contributed by atoms with van der Waals surface area (Å²) in [6.45, 7) is 9.54. The Morgan fingerprint density at radius 1 is 1.42 bits per heavy atom. The fourth-order valence-corrected chi connectivity index (χ4v) is 3.36. The Kier molecular flexibility index (Phi) is 5.02. The highest BCUT2D eigenvalue weighted by Crippen LogP contribution is 2.21. The van der Waals surface area contributed by atoms with E-state index in [1.807, 2.05) is 32.6 Å². The number of anilines is 1. The minimum Gasteiger partial charge on any atom is -0.352 e. The van der Waals surface area contributed by atoms with Crippen LogP contribution in [-0.2, 0) is 10.3 Å². The van der Waals surface area contributed by atoms with Crippen molar-refractivity contribution >= 4 is 22.9 Å². The van der Waals surface area contributed by atoms with Gasteiger partial charge in [0.25, 0.3) is 5.56 Å². The number of hydrogen-bond acceptors (Lipinski definition) is 5. The molecule has 0 spiro atoms. The molecule has 3 rings (SSSR count). The van der Waals surface area contributed by atoms with E-state index in [-0.39, 0.29) is 23.0 Å². The van der Waals surface area contributed by atoms with E-state index in [0.29, 0.717) is 29.9 Å². The maximum Gasteiger partial charge on any atom is 0.263 e. The summed E-state index contributed by atoms with van der Waals surface area (Å²) in [6.07, 6.45) is 4.84. The summed E-state index contributed by atoms with van der Waals surface area (Å²) in [5.74, 6) is 0.630. The molecule has 0 bridgehead atoms. The van der Waals surface area contributed by atoms with Crippen LogP contribution in [0.1, 0.15) is 53.4 Å². The fourth-order valence-electron chi connectivity index (χ4n) is 3.36. The average Bonchev–Trinajstić information content (AvgIpc) is 3.00. The summed E-state index contributed by atoms with van der Waals surface area (Å²) in [5.41, 5.74) is 0.143. The molecule has 2 N–H and O–H groups in total. The van der Waals surface area contributed by atoms with E-state index < -0.39 is 0 Å². The quantitative estimate of drug-likeness (QED) is 0.866. The third kappa shape index (κ3) is 3.73. The molecule has 1 amide bonds. The van der Waals surface area contributed by atoms with Crippen molar-refractivity contribution in [3.05, 3.63) is 16.6 Å². The van der Waals surface area contributed by atoms with Crippen molar-refractivity contribution in [2.45, 2.75) is 65.0 Å². The van der Waals surface area contributed by atoms with Crippen molar-refractivity contribution in [2.24, 2.45) is 0 Å². The summed E-state index contributed by atoms with van der Waals surface area (Å²) in [6, 6.07) is 0.0799. The number of aromatic nitrogens is 4. The zero-order chi connectivity index (χ0) is 18.9. The molecule has 0 radical (unpaired) electrons. The Balaban J connectivity index is 1.87. The van der Waals surface area contributed by atoms with Crippen LogP contribution < -0.4 is 15.8 Å². The molecule has 8 nitrogen and oxygen atoms in total. The first-order chi connectivity index (χ1) is 12.3. The second-order valence-corrected chi connectivity index (χ2v) is 7.96. The number of carbonyl (C=O) groups excluding carboxylic acids is 1. The largest absolute Gasteiger partial charge is 0.352 e. The summed E-state index contributed by atoms with van der Waals surface area (Å²) in [5, 5.41) is 7.93. The van der Waals surface area contributed by atoms with Gasteiger partial charge in [0, 0.05) is 25.6 Å². The topological polar surface area (TPSA) is 95.9 Å². The molecule has 1 fully saturated rings. The number of nitrogens with zero attached hydrogens (tertiary/aromatic N) is 4. The first-order valence-corrected chi connectivity index (χ1v) is 9.32. The molecule has 2 aromatic heterocycles. The van der Waals surface area contributed by atoms with Crippen LogP contribution >= 0.6 is 0 Å². The molecule has 3 heterocycles. The van der Waals surface area contributed by atoms with Gasteiger partial charge in [-0.15, -0.1) is 0 Å². The van der Waals surface area contributed by atoms with Gasteiger partial charge in [-0.1, -0.05) is 6.92 Å². The maximum absolute atomic E-state index is 12.5. The molecule has 0 aliphatic carbocycles. The second kappa shape index (κ2) is 7.09. The monoisotopic (exact) mass is 360 g/mol.